The average molecular weight is 333 g/mol. The lowest BCUT2D eigenvalue weighted by Crippen LogP contribution is -2.16. The minimum Gasteiger partial charge on any atom is -0.486 e. The van der Waals surface area contributed by atoms with E-state index in [9.17, 15) is 0 Å². The lowest BCUT2D eigenvalue weighted by atomic mass is 10.1. The molecule has 0 fully saturated rings. The van der Waals surface area contributed by atoms with Gasteiger partial charge in [-0.15, -0.1) is 0 Å². The summed E-state index contributed by atoms with van der Waals surface area (Å²) in [5.41, 5.74) is 2.84. The van der Waals surface area contributed by atoms with Crippen LogP contribution in [0.1, 0.15) is 5.56 Å². The molecule has 4 rings (SSSR count). The van der Waals surface area contributed by atoms with Gasteiger partial charge in [0.2, 0.25) is 5.95 Å². The molecule has 1 radical (unpaired) electrons. The largest absolute Gasteiger partial charge is 0.486 e. The first-order valence-electron chi connectivity index (χ1n) is 8.07. The zero-order valence-corrected chi connectivity index (χ0v) is 13.6. The first-order valence-corrected chi connectivity index (χ1v) is 8.07. The van der Waals surface area contributed by atoms with E-state index in [0.717, 1.165) is 23.2 Å². The van der Waals surface area contributed by atoms with Crippen molar-refractivity contribution in [1.29, 1.82) is 0 Å². The maximum Gasteiger partial charge on any atom is 0.230 e. The summed E-state index contributed by atoms with van der Waals surface area (Å²) in [5.74, 6) is 2.39. The topological polar surface area (TPSA) is 69.2 Å². The third-order valence-electron chi connectivity index (χ3n) is 3.85. The first kappa shape index (κ1) is 15.4. The van der Waals surface area contributed by atoms with Crippen LogP contribution >= 0.6 is 0 Å². The number of fused-ring (bicyclic) bond motifs is 1. The van der Waals surface area contributed by atoms with Crippen LogP contribution in [0.5, 0.6) is 11.5 Å². The van der Waals surface area contributed by atoms with Gasteiger partial charge in [-0.1, -0.05) is 18.2 Å². The fourth-order valence-corrected chi connectivity index (χ4v) is 2.67. The Bertz CT molecular complexity index is 898. The second kappa shape index (κ2) is 6.76. The number of para-hydroxylation sites is 1. The van der Waals surface area contributed by atoms with E-state index in [1.54, 1.807) is 0 Å². The summed E-state index contributed by atoms with van der Waals surface area (Å²) in [6, 6.07) is 13.7. The molecule has 2 heterocycles. The molecule has 25 heavy (non-hydrogen) atoms. The molecular formula is C19H17N4O2. The molecule has 1 N–H and O–H groups in total. The predicted molar refractivity (Wildman–Crippen MR) is 95.0 cm³/mol. The quantitative estimate of drug-likeness (QED) is 0.789. The highest BCUT2D eigenvalue weighted by molar-refractivity contribution is 5.70. The highest BCUT2D eigenvalue weighted by Crippen LogP contribution is 2.38. The number of nitrogens with one attached hydrogen (secondary N) is 1. The molecule has 2 aromatic carbocycles. The van der Waals surface area contributed by atoms with Crippen LogP contribution < -0.4 is 14.8 Å². The maximum absolute atomic E-state index is 5.74. The van der Waals surface area contributed by atoms with Gasteiger partial charge < -0.3 is 14.8 Å². The Balaban J connectivity index is 1.66. The molecule has 0 saturated carbocycles. The third-order valence-corrected chi connectivity index (χ3v) is 3.85. The standard InChI is InChI=1S/C19H17N4O2/c1-2-13-5-3-6-14(11-13)22-19-21-12-20-18(23-19)15-7-4-8-16-17(15)25-10-9-24-16/h3-8,11-12H,1-2,9-10H2,(H,20,21,22,23). The summed E-state index contributed by atoms with van der Waals surface area (Å²) in [4.78, 5) is 13.0. The van der Waals surface area contributed by atoms with Crippen molar-refractivity contribution in [3.63, 3.8) is 0 Å². The van der Waals surface area contributed by atoms with Gasteiger partial charge in [-0.2, -0.15) is 4.98 Å². The molecule has 0 aliphatic carbocycles. The van der Waals surface area contributed by atoms with Crippen LogP contribution in [0, 0.1) is 6.92 Å². The molecule has 0 unspecified atom stereocenters. The summed E-state index contributed by atoms with van der Waals surface area (Å²) >= 11 is 0. The van der Waals surface area contributed by atoms with Crippen molar-refractivity contribution in [2.75, 3.05) is 18.5 Å². The summed E-state index contributed by atoms with van der Waals surface area (Å²) in [6.45, 7) is 4.96. The maximum atomic E-state index is 5.74. The zero-order chi connectivity index (χ0) is 17.1. The highest BCUT2D eigenvalue weighted by Gasteiger charge is 2.18. The van der Waals surface area contributed by atoms with E-state index >= 15 is 0 Å². The van der Waals surface area contributed by atoms with Gasteiger partial charge in [-0.25, -0.2) is 9.97 Å². The van der Waals surface area contributed by atoms with Gasteiger partial charge in [0.05, 0.1) is 5.56 Å². The molecule has 0 atom stereocenters. The fraction of sp³-hybridized carbons (Fsp3) is 0.158. The third kappa shape index (κ3) is 3.24. The number of rotatable bonds is 4. The van der Waals surface area contributed by atoms with Crippen LogP contribution in [0.25, 0.3) is 11.4 Å². The van der Waals surface area contributed by atoms with Crippen molar-refractivity contribution < 1.29 is 9.47 Å². The van der Waals surface area contributed by atoms with Crippen molar-refractivity contribution in [1.82, 2.24) is 15.0 Å². The number of hydrogen-bond donors (Lipinski definition) is 1. The molecule has 6 heteroatoms. The van der Waals surface area contributed by atoms with Gasteiger partial charge in [-0.3, -0.25) is 0 Å². The molecule has 125 valence electrons. The predicted octanol–water partition coefficient (Wildman–Crippen LogP) is 3.43. The normalized spacial score (nSPS) is 12.7. The van der Waals surface area contributed by atoms with E-state index in [1.807, 2.05) is 42.5 Å². The van der Waals surface area contributed by atoms with Crippen LogP contribution in [0.4, 0.5) is 11.6 Å². The average Bonchev–Trinajstić information content (AvgIpc) is 2.68. The SMILES string of the molecule is [CH2]Cc1cccc(Nc2ncnc(-c3cccc4c3OCCO4)n2)c1. The second-order valence-electron chi connectivity index (χ2n) is 5.54. The van der Waals surface area contributed by atoms with Crippen molar-refractivity contribution in [2.45, 2.75) is 6.42 Å². The Morgan fingerprint density at radius 2 is 1.92 bits per heavy atom. The van der Waals surface area contributed by atoms with Crippen LogP contribution in [0.3, 0.4) is 0 Å². The van der Waals surface area contributed by atoms with E-state index in [1.165, 1.54) is 6.33 Å². The van der Waals surface area contributed by atoms with Crippen molar-refractivity contribution >= 4 is 11.6 Å². The van der Waals surface area contributed by atoms with Gasteiger partial charge >= 0.3 is 0 Å². The Labute approximate surface area is 145 Å². The first-order chi connectivity index (χ1) is 12.3. The molecule has 0 amide bonds. The van der Waals surface area contributed by atoms with E-state index in [2.05, 4.69) is 27.2 Å². The summed E-state index contributed by atoms with van der Waals surface area (Å²) in [7, 11) is 0. The monoisotopic (exact) mass is 333 g/mol. The Hall–Kier alpha value is -3.15. The molecule has 1 aromatic heterocycles. The molecule has 3 aromatic rings. The van der Waals surface area contributed by atoms with Gasteiger partial charge in [0.1, 0.15) is 19.5 Å². The van der Waals surface area contributed by atoms with Gasteiger partial charge in [0.15, 0.2) is 17.3 Å². The Kier molecular flexibility index (Phi) is 4.16. The number of anilines is 2. The molecule has 0 bridgehead atoms. The van der Waals surface area contributed by atoms with Crippen molar-refractivity contribution in [3.8, 4) is 22.9 Å². The smallest absolute Gasteiger partial charge is 0.230 e. The number of nitrogens with zero attached hydrogens (tertiary/aromatic N) is 3. The Morgan fingerprint density at radius 3 is 2.84 bits per heavy atom. The van der Waals surface area contributed by atoms with Crippen LogP contribution in [-0.4, -0.2) is 28.2 Å². The van der Waals surface area contributed by atoms with Gasteiger partial charge in [0, 0.05) is 5.69 Å². The fourth-order valence-electron chi connectivity index (χ4n) is 2.67. The summed E-state index contributed by atoms with van der Waals surface area (Å²) < 4.78 is 11.4. The molecule has 1 aliphatic rings. The Morgan fingerprint density at radius 1 is 1.04 bits per heavy atom. The number of hydrogen-bond acceptors (Lipinski definition) is 6. The number of ether oxygens (including phenoxy) is 2. The van der Waals surface area contributed by atoms with Gasteiger partial charge in [-0.05, 0) is 43.2 Å². The van der Waals surface area contributed by atoms with Crippen molar-refractivity contribution in [3.05, 3.63) is 61.3 Å². The molecule has 0 spiro atoms. The minimum atomic E-state index is 0.473. The van der Waals surface area contributed by atoms with E-state index in [-0.39, 0.29) is 0 Å². The summed E-state index contributed by atoms with van der Waals surface area (Å²) in [5, 5.41) is 3.21. The minimum absolute atomic E-state index is 0.473. The van der Waals surface area contributed by atoms with E-state index in [0.29, 0.717) is 36.5 Å². The molecule has 1 aliphatic heterocycles. The van der Waals surface area contributed by atoms with Crippen LogP contribution in [-0.2, 0) is 6.42 Å². The lowest BCUT2D eigenvalue weighted by Gasteiger charge is -2.20. The lowest BCUT2D eigenvalue weighted by molar-refractivity contribution is 0.172. The van der Waals surface area contributed by atoms with Gasteiger partial charge in [0.25, 0.3) is 0 Å². The second-order valence-corrected chi connectivity index (χ2v) is 5.54. The molecule has 0 saturated heterocycles. The zero-order valence-electron chi connectivity index (χ0n) is 13.6. The number of aromatic nitrogens is 3. The number of benzene rings is 2. The molecular weight excluding hydrogens is 316 g/mol. The van der Waals surface area contributed by atoms with E-state index in [4.69, 9.17) is 9.47 Å². The summed E-state index contributed by atoms with van der Waals surface area (Å²) in [6.07, 6.45) is 2.21. The van der Waals surface area contributed by atoms with Crippen molar-refractivity contribution in [2.24, 2.45) is 0 Å². The van der Waals surface area contributed by atoms with Crippen LogP contribution in [0.2, 0.25) is 0 Å². The van der Waals surface area contributed by atoms with E-state index < -0.39 is 0 Å². The highest BCUT2D eigenvalue weighted by atomic mass is 16.6. The van der Waals surface area contributed by atoms with Crippen LogP contribution in [0.15, 0.2) is 48.8 Å². The molecule has 6 nitrogen and oxygen atoms in total.